The number of primary amides is 2. The topological polar surface area (TPSA) is 439 Å². The highest BCUT2D eigenvalue weighted by Crippen LogP contribution is 2.21. The Bertz CT molecular complexity index is 2430. The lowest BCUT2D eigenvalue weighted by Crippen LogP contribution is -2.61. The fourth-order valence-electron chi connectivity index (χ4n) is 8.91. The van der Waals surface area contributed by atoms with Crippen molar-refractivity contribution in [2.75, 3.05) is 19.6 Å². The van der Waals surface area contributed by atoms with Crippen molar-refractivity contribution in [2.45, 2.75) is 146 Å². The van der Waals surface area contributed by atoms with E-state index in [0.717, 1.165) is 5.56 Å². The average molecular weight is 1070 g/mol. The zero-order chi connectivity index (χ0) is 56.6. The summed E-state index contributed by atoms with van der Waals surface area (Å²) in [4.78, 5) is 145. The minimum Gasteiger partial charge on any atom is -0.370 e. The molecule has 2 aromatic rings. The molecule has 0 saturated carbocycles. The number of aliphatic imine (C=N–C) groups is 2. The summed E-state index contributed by atoms with van der Waals surface area (Å²) in [5.41, 5.74) is 34.1. The Morgan fingerprint density at radius 1 is 0.597 bits per heavy atom. The highest BCUT2D eigenvalue weighted by atomic mass is 16.2. The van der Waals surface area contributed by atoms with Gasteiger partial charge in [-0.3, -0.25) is 57.9 Å². The van der Waals surface area contributed by atoms with Gasteiger partial charge < -0.3 is 76.5 Å². The second-order valence-electron chi connectivity index (χ2n) is 19.5. The van der Waals surface area contributed by atoms with E-state index in [1.807, 2.05) is 13.8 Å². The number of guanidine groups is 2. The van der Waals surface area contributed by atoms with Gasteiger partial charge in [-0.25, -0.2) is 0 Å². The molecule has 0 aromatic heterocycles. The van der Waals surface area contributed by atoms with Gasteiger partial charge in [0.1, 0.15) is 48.3 Å². The number of piperidine rings is 1. The van der Waals surface area contributed by atoms with Gasteiger partial charge in [-0.2, -0.15) is 0 Å². The zero-order valence-corrected chi connectivity index (χ0v) is 43.7. The number of nitrogens with one attached hydrogen (secondary N) is 7. The zero-order valence-electron chi connectivity index (χ0n) is 43.7. The Morgan fingerprint density at radius 2 is 1.08 bits per heavy atom. The molecule has 8 atom stereocenters. The molecule has 2 aliphatic rings. The van der Waals surface area contributed by atoms with Gasteiger partial charge in [0.2, 0.25) is 59.1 Å². The standard InChI is InChI=1S/C51H76N16O10/c1-29(2)25-36(64-47(75)38(27-31-15-7-4-8-16-31)65-43(71)32-17-9-21-41(69)60-32)45(73)66-37(26-30-13-5-3-6-14-30)46(74)62-34(19-11-23-59-51(56)57)49(77)67-24-12-20-39(67)48(76)61-33(18-10-22-58-50(54)55)44(72)63-35(42(53)70)28-40(52)68/h3-8,13-16,29,32-39H,9-12,17-28H2,1-2H3,(H2,52,68)(H2,53,70)(H,60,69)(H,61,76)(H,62,74)(H,63,72)(H,64,75)(H,65,71)(H,66,73)(H4,54,55,58)(H4,56,57,59)/t32-,33-,34-,35-,36-,37-,38-,39-/m0/s1. The van der Waals surface area contributed by atoms with Crippen LogP contribution >= 0.6 is 0 Å². The molecule has 4 rings (SSSR count). The summed E-state index contributed by atoms with van der Waals surface area (Å²) in [6.07, 6.45) is 1.42. The number of hydrogen-bond acceptors (Lipinski definition) is 12. The van der Waals surface area contributed by atoms with Crippen LogP contribution in [0.3, 0.4) is 0 Å². The summed E-state index contributed by atoms with van der Waals surface area (Å²) in [6, 6.07) is 7.84. The number of amides is 10. The summed E-state index contributed by atoms with van der Waals surface area (Å²) in [5.74, 6) is -7.85. The van der Waals surface area contributed by atoms with E-state index >= 15 is 0 Å². The van der Waals surface area contributed by atoms with Crippen LogP contribution in [0.1, 0.15) is 95.6 Å². The summed E-state index contributed by atoms with van der Waals surface area (Å²) < 4.78 is 0. The minimum absolute atomic E-state index is 0.0342. The van der Waals surface area contributed by atoms with Crippen LogP contribution in [0.2, 0.25) is 0 Å². The van der Waals surface area contributed by atoms with Crippen LogP contribution in [-0.4, -0.2) is 144 Å². The van der Waals surface area contributed by atoms with E-state index in [-0.39, 0.29) is 101 Å². The lowest BCUT2D eigenvalue weighted by Gasteiger charge is -2.31. The first kappa shape index (κ1) is 61.2. The third kappa shape index (κ3) is 21.1. The van der Waals surface area contributed by atoms with Gasteiger partial charge >= 0.3 is 0 Å². The number of benzene rings is 2. The highest BCUT2D eigenvalue weighted by Gasteiger charge is 2.40. The first-order valence-electron chi connectivity index (χ1n) is 25.8. The van der Waals surface area contributed by atoms with Crippen LogP contribution < -0.4 is 71.6 Å². The Morgan fingerprint density at radius 3 is 1.60 bits per heavy atom. The summed E-state index contributed by atoms with van der Waals surface area (Å²) in [5, 5.41) is 18.9. The van der Waals surface area contributed by atoms with E-state index in [9.17, 15) is 47.9 Å². The Balaban J connectivity index is 1.61. The third-order valence-electron chi connectivity index (χ3n) is 12.8. The van der Waals surface area contributed by atoms with Crippen molar-refractivity contribution >= 4 is 71.0 Å². The molecule has 0 radical (unpaired) electrons. The maximum Gasteiger partial charge on any atom is 0.245 e. The minimum atomic E-state index is -1.49. The smallest absolute Gasteiger partial charge is 0.245 e. The maximum absolute atomic E-state index is 14.7. The molecule has 420 valence electrons. The molecule has 2 heterocycles. The predicted octanol–water partition coefficient (Wildman–Crippen LogP) is -3.45. The molecule has 2 saturated heterocycles. The number of hydrogen-bond donors (Lipinski definition) is 13. The number of carbonyl (C=O) groups excluding carboxylic acids is 10. The van der Waals surface area contributed by atoms with Crippen LogP contribution in [-0.2, 0) is 60.8 Å². The molecule has 77 heavy (non-hydrogen) atoms. The van der Waals surface area contributed by atoms with Crippen molar-refractivity contribution < 1.29 is 47.9 Å². The van der Waals surface area contributed by atoms with E-state index in [2.05, 4.69) is 47.2 Å². The van der Waals surface area contributed by atoms with Crippen LogP contribution in [0.25, 0.3) is 0 Å². The number of likely N-dealkylation sites (tertiary alicyclic amines) is 1. The SMILES string of the molecule is CC(C)C[C@H](NC(=O)[C@H](Cc1ccccc1)NC(=O)[C@@H]1CCCC(=O)N1)C(=O)N[C@@H](Cc1ccccc1)C(=O)N[C@@H](CCCN=C(N)N)C(=O)N1CCC[C@H]1C(=O)N[C@@H](CCCN=C(N)N)C(=O)N[C@@H](CC(N)=O)C(N)=O. The summed E-state index contributed by atoms with van der Waals surface area (Å²) >= 11 is 0. The summed E-state index contributed by atoms with van der Waals surface area (Å²) in [7, 11) is 0. The average Bonchev–Trinajstić information content (AvgIpc) is 3.88. The predicted molar refractivity (Wildman–Crippen MR) is 285 cm³/mol. The molecule has 26 heteroatoms. The molecule has 2 fully saturated rings. The second-order valence-corrected chi connectivity index (χ2v) is 19.5. The number of nitrogens with zero attached hydrogens (tertiary/aromatic N) is 3. The van der Waals surface area contributed by atoms with E-state index in [1.165, 1.54) is 4.90 Å². The molecule has 10 amide bonds. The molecule has 0 spiro atoms. The number of rotatable bonds is 30. The van der Waals surface area contributed by atoms with Gasteiger partial charge in [0.15, 0.2) is 11.9 Å². The van der Waals surface area contributed by atoms with Crippen LogP contribution in [0.5, 0.6) is 0 Å². The largest absolute Gasteiger partial charge is 0.370 e. The first-order valence-corrected chi connectivity index (χ1v) is 25.8. The summed E-state index contributed by atoms with van der Waals surface area (Å²) in [6.45, 7) is 3.88. The molecule has 0 aliphatic carbocycles. The van der Waals surface area contributed by atoms with Crippen LogP contribution in [0.4, 0.5) is 0 Å². The number of nitrogens with two attached hydrogens (primary N) is 6. The molecule has 2 aromatic carbocycles. The van der Waals surface area contributed by atoms with Crippen molar-refractivity contribution in [1.29, 1.82) is 0 Å². The van der Waals surface area contributed by atoms with Crippen LogP contribution in [0.15, 0.2) is 70.6 Å². The van der Waals surface area contributed by atoms with Gasteiger partial charge in [0.05, 0.1) is 6.42 Å². The first-order chi connectivity index (χ1) is 36.6. The van der Waals surface area contributed by atoms with Gasteiger partial charge in [-0.15, -0.1) is 0 Å². The van der Waals surface area contributed by atoms with Crippen LogP contribution in [0, 0.1) is 5.92 Å². The van der Waals surface area contributed by atoms with Crippen molar-refractivity contribution in [2.24, 2.45) is 50.3 Å². The molecule has 2 aliphatic heterocycles. The quantitative estimate of drug-likeness (QED) is 0.0206. The lowest BCUT2D eigenvalue weighted by molar-refractivity contribution is -0.142. The Labute approximate surface area is 447 Å². The highest BCUT2D eigenvalue weighted by molar-refractivity contribution is 5.99. The molecular weight excluding hydrogens is 997 g/mol. The van der Waals surface area contributed by atoms with Gasteiger partial charge in [0.25, 0.3) is 0 Å². The van der Waals surface area contributed by atoms with Gasteiger partial charge in [0, 0.05) is 38.9 Å². The van der Waals surface area contributed by atoms with Crippen molar-refractivity contribution in [1.82, 2.24) is 42.1 Å². The maximum atomic E-state index is 14.7. The molecule has 0 unspecified atom stereocenters. The van der Waals surface area contributed by atoms with Crippen molar-refractivity contribution in [3.05, 3.63) is 71.8 Å². The molecular formula is C51H76N16O10. The van der Waals surface area contributed by atoms with E-state index in [1.54, 1.807) is 60.7 Å². The molecule has 26 nitrogen and oxygen atoms in total. The van der Waals surface area contributed by atoms with Gasteiger partial charge in [-0.05, 0) is 74.8 Å². The fourth-order valence-corrected chi connectivity index (χ4v) is 8.91. The van der Waals surface area contributed by atoms with Gasteiger partial charge in [-0.1, -0.05) is 74.5 Å². The fraction of sp³-hybridized carbons (Fsp3) is 0.529. The monoisotopic (exact) mass is 1070 g/mol. The second kappa shape index (κ2) is 30.9. The molecule has 0 bridgehead atoms. The van der Waals surface area contributed by atoms with E-state index in [4.69, 9.17) is 34.4 Å². The number of carbonyl (C=O) groups is 10. The van der Waals surface area contributed by atoms with Crippen molar-refractivity contribution in [3.63, 3.8) is 0 Å². The normalized spacial score (nSPS) is 17.3. The van der Waals surface area contributed by atoms with E-state index in [0.29, 0.717) is 24.8 Å². The third-order valence-corrected chi connectivity index (χ3v) is 12.8. The molecule has 19 N–H and O–H groups in total. The lowest BCUT2D eigenvalue weighted by atomic mass is 9.99. The Kier molecular flexibility index (Phi) is 24.6. The van der Waals surface area contributed by atoms with E-state index < -0.39 is 108 Å². The van der Waals surface area contributed by atoms with Crippen molar-refractivity contribution in [3.8, 4) is 0 Å². The Hall–Kier alpha value is -8.32.